The molecule has 9 rings (SSSR count). The highest BCUT2D eigenvalue weighted by molar-refractivity contribution is 6.25. The van der Waals surface area contributed by atoms with Crippen molar-refractivity contribution in [1.29, 1.82) is 0 Å². The Morgan fingerprint density at radius 1 is 0.310 bits per heavy atom. The van der Waals surface area contributed by atoms with Crippen LogP contribution in [0.5, 0.6) is 0 Å². The van der Waals surface area contributed by atoms with Gasteiger partial charge in [0.1, 0.15) is 0 Å². The highest BCUT2D eigenvalue weighted by Gasteiger charge is 2.20. The summed E-state index contributed by atoms with van der Waals surface area (Å²) in [5, 5.41) is 7.65. The number of hydrogen-bond donors (Lipinski definition) is 0. The number of rotatable bonds is 3. The van der Waals surface area contributed by atoms with Crippen LogP contribution in [0.1, 0.15) is 0 Å². The van der Waals surface area contributed by atoms with Gasteiger partial charge in [0.15, 0.2) is 0 Å². The van der Waals surface area contributed by atoms with Crippen LogP contribution in [0.15, 0.2) is 158 Å². The van der Waals surface area contributed by atoms with Crippen LogP contribution < -0.4 is 0 Å². The van der Waals surface area contributed by atoms with E-state index in [1.54, 1.807) is 0 Å². The van der Waals surface area contributed by atoms with Crippen molar-refractivity contribution in [1.82, 2.24) is 9.13 Å². The summed E-state index contributed by atoms with van der Waals surface area (Å²) >= 11 is 0. The lowest BCUT2D eigenvalue weighted by molar-refractivity contribution is 1.16. The standard InChI is InChI=1S/C40H26N2/c1-4-12-27(13-5-1)29-20-22-33-34-25-35-39(26-38(34)42(37(33)24-29)31-17-8-3-9-18-31)41(30-15-6-2-7-16-30)36-23-21-28-14-10-11-19-32(28)40(35)36/h1-26H. The van der Waals surface area contributed by atoms with Crippen molar-refractivity contribution in [2.45, 2.75) is 0 Å². The number of aromatic nitrogens is 2. The fourth-order valence-corrected chi connectivity index (χ4v) is 6.82. The summed E-state index contributed by atoms with van der Waals surface area (Å²) in [7, 11) is 0. The quantitative estimate of drug-likeness (QED) is 0.213. The second kappa shape index (κ2) is 8.95. The highest BCUT2D eigenvalue weighted by Crippen LogP contribution is 2.42. The van der Waals surface area contributed by atoms with E-state index < -0.39 is 0 Å². The van der Waals surface area contributed by atoms with E-state index in [9.17, 15) is 0 Å². The van der Waals surface area contributed by atoms with E-state index in [0.29, 0.717) is 0 Å². The zero-order valence-electron chi connectivity index (χ0n) is 22.9. The molecule has 42 heavy (non-hydrogen) atoms. The van der Waals surface area contributed by atoms with Gasteiger partial charge in [-0.15, -0.1) is 0 Å². The van der Waals surface area contributed by atoms with E-state index in [2.05, 4.69) is 167 Å². The van der Waals surface area contributed by atoms with Gasteiger partial charge in [0.25, 0.3) is 0 Å². The maximum atomic E-state index is 2.43. The first-order valence-corrected chi connectivity index (χ1v) is 14.5. The molecule has 0 amide bonds. The summed E-state index contributed by atoms with van der Waals surface area (Å²) < 4.78 is 4.86. The fraction of sp³-hybridized carbons (Fsp3) is 0. The SMILES string of the molecule is c1ccc(-c2ccc3c4cc5c6c7ccccc7ccc6n(-c6ccccc6)c5cc4n(-c4ccccc4)c3c2)cc1. The molecule has 0 saturated heterocycles. The zero-order chi connectivity index (χ0) is 27.6. The molecule has 0 fully saturated rings. The zero-order valence-corrected chi connectivity index (χ0v) is 22.9. The molecule has 0 unspecified atom stereocenters. The number of hydrogen-bond acceptors (Lipinski definition) is 0. The molecule has 2 nitrogen and oxygen atoms in total. The van der Waals surface area contributed by atoms with Crippen LogP contribution in [0.4, 0.5) is 0 Å². The van der Waals surface area contributed by atoms with E-state index in [4.69, 9.17) is 0 Å². The smallest absolute Gasteiger partial charge is 0.0562 e. The molecule has 0 saturated carbocycles. The molecule has 7 aromatic carbocycles. The molecule has 2 heteroatoms. The summed E-state index contributed by atoms with van der Waals surface area (Å²) in [6, 6.07) is 57.2. The van der Waals surface area contributed by atoms with Crippen molar-refractivity contribution in [3.8, 4) is 22.5 Å². The van der Waals surface area contributed by atoms with Crippen molar-refractivity contribution < 1.29 is 0 Å². The molecule has 196 valence electrons. The molecule has 0 N–H and O–H groups in total. The Hall–Kier alpha value is -5.60. The fourth-order valence-electron chi connectivity index (χ4n) is 6.82. The monoisotopic (exact) mass is 534 g/mol. The molecule has 0 aliphatic rings. The van der Waals surface area contributed by atoms with E-state index >= 15 is 0 Å². The predicted octanol–water partition coefficient (Wildman–Crippen LogP) is 10.7. The van der Waals surface area contributed by atoms with Crippen molar-refractivity contribution in [3.05, 3.63) is 158 Å². The molecule has 9 aromatic rings. The van der Waals surface area contributed by atoms with Crippen LogP contribution in [-0.4, -0.2) is 9.13 Å². The summed E-state index contributed by atoms with van der Waals surface area (Å²) in [6.45, 7) is 0. The van der Waals surface area contributed by atoms with Gasteiger partial charge in [-0.25, -0.2) is 0 Å². The van der Waals surface area contributed by atoms with Crippen molar-refractivity contribution in [3.63, 3.8) is 0 Å². The Kier molecular flexibility index (Phi) is 4.93. The van der Waals surface area contributed by atoms with Gasteiger partial charge in [-0.3, -0.25) is 0 Å². The van der Waals surface area contributed by atoms with Crippen LogP contribution in [0, 0.1) is 0 Å². The predicted molar refractivity (Wildman–Crippen MR) is 178 cm³/mol. The molecule has 0 spiro atoms. The lowest BCUT2D eigenvalue weighted by Crippen LogP contribution is -1.95. The van der Waals surface area contributed by atoms with Gasteiger partial charge < -0.3 is 9.13 Å². The Balaban J connectivity index is 1.48. The van der Waals surface area contributed by atoms with E-state index in [1.807, 2.05) is 0 Å². The highest BCUT2D eigenvalue weighted by atomic mass is 15.0. The van der Waals surface area contributed by atoms with Crippen LogP contribution in [0.25, 0.3) is 76.9 Å². The normalized spacial score (nSPS) is 11.8. The van der Waals surface area contributed by atoms with E-state index in [1.165, 1.54) is 71.2 Å². The Morgan fingerprint density at radius 2 is 0.905 bits per heavy atom. The summed E-state index contributed by atoms with van der Waals surface area (Å²) in [5.74, 6) is 0. The number of fused-ring (bicyclic) bond motifs is 8. The first-order valence-electron chi connectivity index (χ1n) is 14.5. The molecule has 0 bridgehead atoms. The maximum absolute atomic E-state index is 2.43. The molecule has 2 heterocycles. The average molecular weight is 535 g/mol. The largest absolute Gasteiger partial charge is 0.309 e. The number of benzene rings is 7. The van der Waals surface area contributed by atoms with Gasteiger partial charge in [0.2, 0.25) is 0 Å². The molecular formula is C40H26N2. The summed E-state index contributed by atoms with van der Waals surface area (Å²) in [6.07, 6.45) is 0. The van der Waals surface area contributed by atoms with Crippen LogP contribution in [0.3, 0.4) is 0 Å². The molecule has 0 atom stereocenters. The topological polar surface area (TPSA) is 9.86 Å². The van der Waals surface area contributed by atoms with Gasteiger partial charge in [0, 0.05) is 32.9 Å². The third kappa shape index (κ3) is 3.33. The third-order valence-electron chi connectivity index (χ3n) is 8.68. The molecular weight excluding hydrogens is 508 g/mol. The van der Waals surface area contributed by atoms with Crippen LogP contribution in [-0.2, 0) is 0 Å². The van der Waals surface area contributed by atoms with Gasteiger partial charge in [-0.05, 0) is 70.4 Å². The molecule has 2 aromatic heterocycles. The Morgan fingerprint density at radius 3 is 1.64 bits per heavy atom. The second-order valence-electron chi connectivity index (χ2n) is 11.0. The van der Waals surface area contributed by atoms with Crippen molar-refractivity contribution >= 4 is 54.4 Å². The first kappa shape index (κ1) is 23.1. The van der Waals surface area contributed by atoms with E-state index in [0.717, 1.165) is 5.69 Å². The first-order chi connectivity index (χ1) is 20.8. The maximum Gasteiger partial charge on any atom is 0.0562 e. The number of nitrogens with zero attached hydrogens (tertiary/aromatic N) is 2. The Labute approximate surface area is 243 Å². The second-order valence-corrected chi connectivity index (χ2v) is 11.0. The van der Waals surface area contributed by atoms with Crippen molar-refractivity contribution in [2.24, 2.45) is 0 Å². The van der Waals surface area contributed by atoms with Gasteiger partial charge >= 0.3 is 0 Å². The summed E-state index contributed by atoms with van der Waals surface area (Å²) in [5.41, 5.74) is 9.63. The van der Waals surface area contributed by atoms with Crippen LogP contribution >= 0.6 is 0 Å². The van der Waals surface area contributed by atoms with E-state index in [-0.39, 0.29) is 0 Å². The van der Waals surface area contributed by atoms with Gasteiger partial charge in [-0.1, -0.05) is 109 Å². The Bertz CT molecular complexity index is 2430. The molecule has 0 aliphatic heterocycles. The van der Waals surface area contributed by atoms with Gasteiger partial charge in [0.05, 0.1) is 22.1 Å². The van der Waals surface area contributed by atoms with Gasteiger partial charge in [-0.2, -0.15) is 0 Å². The molecule has 0 radical (unpaired) electrons. The third-order valence-corrected chi connectivity index (χ3v) is 8.68. The average Bonchev–Trinajstić information content (AvgIpc) is 3.56. The lowest BCUT2D eigenvalue weighted by atomic mass is 10.0. The van der Waals surface area contributed by atoms with Crippen molar-refractivity contribution in [2.75, 3.05) is 0 Å². The molecule has 0 aliphatic carbocycles. The summed E-state index contributed by atoms with van der Waals surface area (Å²) in [4.78, 5) is 0. The number of para-hydroxylation sites is 2. The van der Waals surface area contributed by atoms with Crippen LogP contribution in [0.2, 0.25) is 0 Å². The minimum Gasteiger partial charge on any atom is -0.309 e. The minimum absolute atomic E-state index is 1.16. The lowest BCUT2D eigenvalue weighted by Gasteiger charge is -2.10. The minimum atomic E-state index is 1.16.